The number of alkyl halides is 12. The van der Waals surface area contributed by atoms with Gasteiger partial charge in [0.15, 0.2) is 0 Å². The van der Waals surface area contributed by atoms with Crippen molar-refractivity contribution in [2.75, 3.05) is 59.2 Å². The van der Waals surface area contributed by atoms with Crippen molar-refractivity contribution in [3.05, 3.63) is 130 Å². The molecule has 3 heterocycles. The molecule has 0 unspecified atom stereocenters. The molecule has 18 heteroatoms. The van der Waals surface area contributed by atoms with Gasteiger partial charge in [0.05, 0.1) is 40.9 Å². The number of carbonyl (C=O) groups excluding carboxylic acids is 1. The van der Waals surface area contributed by atoms with E-state index in [0.29, 0.717) is 56.0 Å². The van der Waals surface area contributed by atoms with Gasteiger partial charge in [-0.1, -0.05) is 59.4 Å². The van der Waals surface area contributed by atoms with Crippen LogP contribution in [0.3, 0.4) is 0 Å². The van der Waals surface area contributed by atoms with Crippen LogP contribution in [-0.4, -0.2) is 74.9 Å². The molecule has 5 aliphatic rings. The molecule has 406 valence electrons. The van der Waals surface area contributed by atoms with Gasteiger partial charge in [-0.2, -0.15) is 52.7 Å². The van der Waals surface area contributed by atoms with Crippen LogP contribution in [0.1, 0.15) is 120 Å². The highest BCUT2D eigenvalue weighted by Crippen LogP contribution is 2.48. The summed E-state index contributed by atoms with van der Waals surface area (Å²) in [5, 5.41) is 0. The zero-order valence-corrected chi connectivity index (χ0v) is 38.4. The second kappa shape index (κ2) is 25.0. The molecule has 5 fully saturated rings. The van der Waals surface area contributed by atoms with Crippen molar-refractivity contribution in [3.63, 3.8) is 0 Å². The van der Waals surface area contributed by atoms with E-state index >= 15 is 0 Å². The van der Waals surface area contributed by atoms with Crippen molar-refractivity contribution < 1.29 is 71.7 Å². The van der Waals surface area contributed by atoms with E-state index in [4.69, 9.17) is 14.2 Å². The Morgan fingerprint density at radius 3 is 1.25 bits per heavy atom. The van der Waals surface area contributed by atoms with Gasteiger partial charge in [-0.05, 0) is 142 Å². The Balaban J connectivity index is 0.000000278. The summed E-state index contributed by atoms with van der Waals surface area (Å²) < 4.78 is 170. The van der Waals surface area contributed by atoms with Crippen molar-refractivity contribution >= 4 is 5.91 Å². The van der Waals surface area contributed by atoms with Crippen molar-refractivity contribution in [2.45, 2.75) is 122 Å². The molecular weight excluding hydrogens is 981 g/mol. The Morgan fingerprint density at radius 2 is 0.890 bits per heavy atom. The highest BCUT2D eigenvalue weighted by atomic mass is 19.4. The third-order valence-electron chi connectivity index (χ3n) is 14.1. The fourth-order valence-corrected chi connectivity index (χ4v) is 9.78. The SMILES string of the molecule is C.C.C.C1CCOC1.FC(F)(F)c1ccc(OC[C@H]2CCN(CC3(c4ccc(C(F)(F)F)cc4)CCC3)C2)cc1.O=C(N1CC[C@H](COc2ccc(C(F)(F)F)cc2)C1)C1(c2ccc(C(F)(F)F)cc2)CCC1. The van der Waals surface area contributed by atoms with Crippen molar-refractivity contribution in [1.82, 2.24) is 9.80 Å². The zero-order chi connectivity index (χ0) is 50.4. The van der Waals surface area contributed by atoms with Crippen LogP contribution >= 0.6 is 0 Å². The third-order valence-corrected chi connectivity index (χ3v) is 14.1. The van der Waals surface area contributed by atoms with Gasteiger partial charge >= 0.3 is 24.7 Å². The Kier molecular flexibility index (Phi) is 20.8. The zero-order valence-electron chi connectivity index (χ0n) is 38.4. The van der Waals surface area contributed by atoms with Crippen LogP contribution in [0, 0.1) is 11.8 Å². The minimum atomic E-state index is -4.43. The normalized spacial score (nSPS) is 20.2. The topological polar surface area (TPSA) is 51.2 Å². The number of halogens is 12. The second-order valence-electron chi connectivity index (χ2n) is 19.0. The van der Waals surface area contributed by atoms with Crippen molar-refractivity contribution in [2.24, 2.45) is 11.8 Å². The van der Waals surface area contributed by atoms with Crippen LogP contribution < -0.4 is 9.47 Å². The minimum absolute atomic E-state index is 0. The van der Waals surface area contributed by atoms with E-state index in [9.17, 15) is 57.5 Å². The van der Waals surface area contributed by atoms with Crippen LogP contribution in [0.5, 0.6) is 11.5 Å². The van der Waals surface area contributed by atoms with Crippen LogP contribution in [0.4, 0.5) is 52.7 Å². The maximum Gasteiger partial charge on any atom is 0.416 e. The van der Waals surface area contributed by atoms with Crippen LogP contribution in [-0.2, 0) is 45.1 Å². The van der Waals surface area contributed by atoms with Gasteiger partial charge in [-0.25, -0.2) is 0 Å². The van der Waals surface area contributed by atoms with Crippen LogP contribution in [0.2, 0.25) is 0 Å². The lowest BCUT2D eigenvalue weighted by Crippen LogP contribution is -2.50. The van der Waals surface area contributed by atoms with E-state index in [0.717, 1.165) is 107 Å². The Bertz CT molecular complexity index is 2280. The Labute approximate surface area is 421 Å². The fraction of sp³-hybridized carbons (Fsp3) is 0.545. The first kappa shape index (κ1) is 60.6. The molecule has 1 amide bonds. The van der Waals surface area contributed by atoms with Gasteiger partial charge in [0.2, 0.25) is 5.91 Å². The molecule has 0 aromatic heterocycles. The fourth-order valence-electron chi connectivity index (χ4n) is 9.78. The number of nitrogens with zero attached hydrogens (tertiary/aromatic N) is 2. The van der Waals surface area contributed by atoms with E-state index < -0.39 is 52.4 Å². The minimum Gasteiger partial charge on any atom is -0.493 e. The Morgan fingerprint density at radius 1 is 0.507 bits per heavy atom. The lowest BCUT2D eigenvalue weighted by atomic mass is 9.63. The molecule has 0 radical (unpaired) electrons. The molecule has 2 atom stereocenters. The number of carbonyl (C=O) groups is 1. The number of likely N-dealkylation sites (tertiary alicyclic amines) is 2. The van der Waals surface area contributed by atoms with E-state index in [1.165, 1.54) is 61.4 Å². The maximum absolute atomic E-state index is 13.3. The summed E-state index contributed by atoms with van der Waals surface area (Å²) in [6.45, 7) is 6.14. The lowest BCUT2D eigenvalue weighted by molar-refractivity contribution is -0.140. The Hall–Kier alpha value is -4.97. The van der Waals surface area contributed by atoms with Crippen LogP contribution in [0.15, 0.2) is 97.1 Å². The summed E-state index contributed by atoms with van der Waals surface area (Å²) in [6.07, 6.45) is -8.35. The predicted octanol–water partition coefficient (Wildman–Crippen LogP) is 15.3. The summed E-state index contributed by atoms with van der Waals surface area (Å²) in [4.78, 5) is 17.4. The highest BCUT2D eigenvalue weighted by Gasteiger charge is 2.49. The third kappa shape index (κ3) is 15.5. The standard InChI is InChI=1S/C24H23F6NO2.C24H25F6NO.C4H8O.3CH4/c25-23(26,27)18-4-2-17(3-5-18)22(11-1-12-22)21(32)31-13-10-16(14-31)15-33-20-8-6-19(7-9-20)24(28,29)30;25-23(26,27)19-4-2-18(3-5-19)22(11-1-12-22)16-31-13-10-17(14-31)15-32-21-8-6-20(7-9-21)24(28,29)30;1-2-4-5-3-1;;;/h2-9,16H,1,10-15H2;2-9,17H,1,10-16H2;1-4H2;3*1H4/t16-;17-;;;;/m00..../s1. The average molecular weight is 1050 g/mol. The first-order chi connectivity index (χ1) is 33.0. The van der Waals surface area contributed by atoms with Gasteiger partial charge in [0.1, 0.15) is 11.5 Å². The number of benzene rings is 4. The van der Waals surface area contributed by atoms with Crippen molar-refractivity contribution in [3.8, 4) is 11.5 Å². The molecule has 73 heavy (non-hydrogen) atoms. The van der Waals surface area contributed by atoms with Crippen LogP contribution in [0.25, 0.3) is 0 Å². The van der Waals surface area contributed by atoms with Gasteiger partial charge in [0, 0.05) is 56.6 Å². The van der Waals surface area contributed by atoms with E-state index in [-0.39, 0.29) is 52.0 Å². The number of hydrogen-bond donors (Lipinski definition) is 0. The molecule has 4 aromatic carbocycles. The molecule has 0 bridgehead atoms. The predicted molar refractivity (Wildman–Crippen MR) is 257 cm³/mol. The molecule has 2 aliphatic carbocycles. The monoisotopic (exact) mass is 1050 g/mol. The number of hydrogen-bond acceptors (Lipinski definition) is 5. The number of rotatable bonds is 11. The molecule has 0 spiro atoms. The largest absolute Gasteiger partial charge is 0.493 e. The quantitative estimate of drug-likeness (QED) is 0.140. The van der Waals surface area contributed by atoms with E-state index in [2.05, 4.69) is 4.90 Å². The summed E-state index contributed by atoms with van der Waals surface area (Å²) >= 11 is 0. The molecule has 3 saturated heterocycles. The molecule has 2 saturated carbocycles. The number of amides is 1. The smallest absolute Gasteiger partial charge is 0.416 e. The molecule has 3 aliphatic heterocycles. The van der Waals surface area contributed by atoms with E-state index in [1.54, 1.807) is 17.0 Å². The summed E-state index contributed by atoms with van der Waals surface area (Å²) in [7, 11) is 0. The summed E-state index contributed by atoms with van der Waals surface area (Å²) in [5.41, 5.74) is -2.14. The van der Waals surface area contributed by atoms with Gasteiger partial charge in [-0.15, -0.1) is 0 Å². The lowest BCUT2D eigenvalue weighted by Gasteiger charge is -2.45. The van der Waals surface area contributed by atoms with Crippen molar-refractivity contribution in [1.29, 1.82) is 0 Å². The van der Waals surface area contributed by atoms with Gasteiger partial charge in [0.25, 0.3) is 0 Å². The first-order valence-electron chi connectivity index (χ1n) is 23.6. The van der Waals surface area contributed by atoms with Gasteiger partial charge < -0.3 is 24.0 Å². The van der Waals surface area contributed by atoms with E-state index in [1.807, 2.05) is 0 Å². The highest BCUT2D eigenvalue weighted by molar-refractivity contribution is 5.89. The molecular formula is C55H68F12N2O4. The molecule has 9 rings (SSSR count). The molecule has 0 N–H and O–H groups in total. The summed E-state index contributed by atoms with van der Waals surface area (Å²) in [5.74, 6) is 0.957. The molecule has 6 nitrogen and oxygen atoms in total. The maximum atomic E-state index is 13.3. The average Bonchev–Trinajstić information content (AvgIpc) is 4.11. The first-order valence-corrected chi connectivity index (χ1v) is 23.6. The van der Waals surface area contributed by atoms with Gasteiger partial charge in [-0.3, -0.25) is 4.79 Å². The summed E-state index contributed by atoms with van der Waals surface area (Å²) in [6, 6.07) is 19.6. The molecule has 4 aromatic rings. The second-order valence-corrected chi connectivity index (χ2v) is 19.0. The number of ether oxygens (including phenoxy) is 3.